The molecule has 0 amide bonds. The first-order valence-corrected chi connectivity index (χ1v) is 11.6. The number of fused-ring (bicyclic) bond motifs is 1. The van der Waals surface area contributed by atoms with Gasteiger partial charge in [0.25, 0.3) is 5.56 Å². The van der Waals surface area contributed by atoms with Crippen molar-refractivity contribution in [2.75, 3.05) is 5.32 Å². The minimum atomic E-state index is -4.74. The van der Waals surface area contributed by atoms with Crippen molar-refractivity contribution in [1.29, 1.82) is 0 Å². The van der Waals surface area contributed by atoms with Crippen LogP contribution in [-0.4, -0.2) is 22.9 Å². The Morgan fingerprint density at radius 2 is 1.61 bits per heavy atom. The number of benzene rings is 2. The Morgan fingerprint density at radius 1 is 1.00 bits per heavy atom. The Morgan fingerprint density at radius 3 is 2.19 bits per heavy atom. The van der Waals surface area contributed by atoms with E-state index in [1.807, 2.05) is 40.7 Å². The molecule has 0 spiro atoms. The maximum Gasteiger partial charge on any atom is 0.512 e. The van der Waals surface area contributed by atoms with Crippen LogP contribution >= 0.6 is 0 Å². The molecule has 0 saturated carbocycles. The van der Waals surface area contributed by atoms with Gasteiger partial charge in [0.05, 0.1) is 22.4 Å². The summed E-state index contributed by atoms with van der Waals surface area (Å²) in [5.41, 5.74) is -0.955. The Hall–Kier alpha value is -2.85. The van der Waals surface area contributed by atoms with Crippen LogP contribution in [0.2, 0.25) is 0 Å². The van der Waals surface area contributed by atoms with Gasteiger partial charge in [-0.15, -0.1) is 0 Å². The van der Waals surface area contributed by atoms with Gasteiger partial charge in [-0.05, 0) is 88.4 Å². The van der Waals surface area contributed by atoms with E-state index < -0.39 is 41.9 Å². The molecule has 36 heavy (non-hydrogen) atoms. The fraction of sp³-hybridized carbons (Fsp3) is 0.423. The molecule has 0 radical (unpaired) electrons. The van der Waals surface area contributed by atoms with Crippen LogP contribution in [0.25, 0.3) is 10.8 Å². The van der Waals surface area contributed by atoms with Gasteiger partial charge in [-0.2, -0.15) is 13.2 Å². The molecule has 3 aromatic rings. The van der Waals surface area contributed by atoms with Crippen LogP contribution in [0.3, 0.4) is 0 Å². The van der Waals surface area contributed by atoms with Crippen molar-refractivity contribution in [2.24, 2.45) is 7.05 Å². The number of hydrogen-bond acceptors (Lipinski definition) is 4. The molecule has 5 nitrogen and oxygen atoms in total. The number of aryl methyl sites for hydroxylation is 1. The van der Waals surface area contributed by atoms with Crippen LogP contribution in [0.4, 0.5) is 23.2 Å². The fourth-order valence-corrected chi connectivity index (χ4v) is 4.44. The maximum atomic E-state index is 13.6. The Bertz CT molecular complexity index is 1380. The smallest absolute Gasteiger partial charge is 0.398 e. The number of halogens is 4. The number of alkyl halides is 3. The second kappa shape index (κ2) is 8.62. The van der Waals surface area contributed by atoms with Crippen molar-refractivity contribution in [3.8, 4) is 0 Å². The average Bonchev–Trinajstić information content (AvgIpc) is 2.97. The molecule has 1 saturated heterocycles. The van der Waals surface area contributed by atoms with Gasteiger partial charge in [-0.3, -0.25) is 4.79 Å². The van der Waals surface area contributed by atoms with E-state index in [0.29, 0.717) is 28.0 Å². The zero-order valence-corrected chi connectivity index (χ0v) is 21.3. The monoisotopic (exact) mass is 504 g/mol. The molecule has 2 aromatic carbocycles. The predicted molar refractivity (Wildman–Crippen MR) is 133 cm³/mol. The maximum absolute atomic E-state index is 13.6. The first kappa shape index (κ1) is 26.2. The van der Waals surface area contributed by atoms with Crippen molar-refractivity contribution in [1.82, 2.24) is 4.57 Å². The predicted octanol–water partition coefficient (Wildman–Crippen LogP) is 5.48. The van der Waals surface area contributed by atoms with Crippen LogP contribution in [0, 0.1) is 12.7 Å². The first-order valence-electron chi connectivity index (χ1n) is 11.6. The highest BCUT2D eigenvalue weighted by Crippen LogP contribution is 2.38. The molecule has 0 aliphatic carbocycles. The van der Waals surface area contributed by atoms with Crippen LogP contribution in [0.15, 0.2) is 41.2 Å². The van der Waals surface area contributed by atoms with E-state index in [0.717, 1.165) is 17.7 Å². The zero-order chi connectivity index (χ0) is 26.8. The van der Waals surface area contributed by atoms with Gasteiger partial charge >= 0.3 is 13.3 Å². The molecule has 4 rings (SSSR count). The molecule has 1 aliphatic heterocycles. The molecule has 1 unspecified atom stereocenters. The number of aromatic nitrogens is 1. The van der Waals surface area contributed by atoms with Crippen LogP contribution < -0.4 is 16.5 Å². The van der Waals surface area contributed by atoms with E-state index in [2.05, 4.69) is 5.32 Å². The molecule has 1 N–H and O–H groups in total. The normalized spacial score (nSPS) is 18.0. The number of nitrogens with one attached hydrogen (secondary N) is 1. The topological polar surface area (TPSA) is 52.5 Å². The lowest BCUT2D eigenvalue weighted by molar-refractivity contribution is -0.137. The summed E-state index contributed by atoms with van der Waals surface area (Å²) in [7, 11) is 0.836. The molecule has 0 bridgehead atoms. The molecule has 192 valence electrons. The van der Waals surface area contributed by atoms with Crippen LogP contribution in [0.5, 0.6) is 0 Å². The van der Waals surface area contributed by atoms with E-state index >= 15 is 0 Å². The third-order valence-electron chi connectivity index (χ3n) is 7.19. The van der Waals surface area contributed by atoms with Crippen LogP contribution in [-0.2, 0) is 22.5 Å². The van der Waals surface area contributed by atoms with Crippen molar-refractivity contribution in [3.63, 3.8) is 0 Å². The minimum Gasteiger partial charge on any atom is -0.398 e. The lowest BCUT2D eigenvalue weighted by Crippen LogP contribution is -2.44. The molecule has 2 heterocycles. The van der Waals surface area contributed by atoms with Crippen molar-refractivity contribution in [2.45, 2.75) is 65.0 Å². The highest BCUT2D eigenvalue weighted by molar-refractivity contribution is 6.61. The zero-order valence-electron chi connectivity index (χ0n) is 21.3. The number of anilines is 1. The van der Waals surface area contributed by atoms with E-state index in [-0.39, 0.29) is 11.2 Å². The summed E-state index contributed by atoms with van der Waals surface area (Å²) in [6.45, 7) is 11.2. The van der Waals surface area contributed by atoms with E-state index in [4.69, 9.17) is 9.31 Å². The van der Waals surface area contributed by atoms with Gasteiger partial charge in [-0.1, -0.05) is 6.07 Å². The Labute approximate surface area is 207 Å². The highest BCUT2D eigenvalue weighted by atomic mass is 19.4. The van der Waals surface area contributed by atoms with Gasteiger partial charge in [0, 0.05) is 24.2 Å². The summed E-state index contributed by atoms with van der Waals surface area (Å²) in [6.07, 6.45) is -4.74. The lowest BCUT2D eigenvalue weighted by atomic mass is 9.81. The summed E-state index contributed by atoms with van der Waals surface area (Å²) < 4.78 is 68.1. The highest BCUT2D eigenvalue weighted by Gasteiger charge is 2.52. The fourth-order valence-electron chi connectivity index (χ4n) is 4.44. The number of pyridine rings is 1. The third-order valence-corrected chi connectivity index (χ3v) is 7.19. The second-order valence-electron chi connectivity index (χ2n) is 10.4. The summed E-state index contributed by atoms with van der Waals surface area (Å²) in [5, 5.41) is 3.87. The standard InChI is InChI=1S/C26H29BF4N2O3/c1-14-10-17(15(2)32-21-9-8-16(28)12-20(21)26(29,30)31)18-13-22(33(7)23(34)19(18)11-14)27-35-24(3,4)25(5,6)36-27/h8-13,15,32H,1-7H3. The summed E-state index contributed by atoms with van der Waals surface area (Å²) in [5.74, 6) is -0.975. The summed E-state index contributed by atoms with van der Waals surface area (Å²) >= 11 is 0. The van der Waals surface area contributed by atoms with E-state index in [1.165, 1.54) is 4.57 Å². The number of rotatable bonds is 4. The molecule has 10 heteroatoms. The average molecular weight is 504 g/mol. The first-order chi connectivity index (χ1) is 16.5. The molecular formula is C26H29BF4N2O3. The number of hydrogen-bond donors (Lipinski definition) is 1. The summed E-state index contributed by atoms with van der Waals surface area (Å²) in [6, 6.07) is 7.24. The van der Waals surface area contributed by atoms with E-state index in [9.17, 15) is 22.4 Å². The molecule has 1 aliphatic rings. The molecule has 1 fully saturated rings. The van der Waals surface area contributed by atoms with Gasteiger partial charge in [0.1, 0.15) is 5.82 Å². The largest absolute Gasteiger partial charge is 0.512 e. The Balaban J connectivity index is 1.84. The quantitative estimate of drug-likeness (QED) is 0.378. The molecule has 1 aromatic heterocycles. The van der Waals surface area contributed by atoms with Gasteiger partial charge in [0.15, 0.2) is 0 Å². The second-order valence-corrected chi connectivity index (χ2v) is 10.4. The molecular weight excluding hydrogens is 475 g/mol. The summed E-state index contributed by atoms with van der Waals surface area (Å²) in [4.78, 5) is 13.4. The van der Waals surface area contributed by atoms with Gasteiger partial charge in [-0.25, -0.2) is 4.39 Å². The van der Waals surface area contributed by atoms with E-state index in [1.54, 1.807) is 26.1 Å². The lowest BCUT2D eigenvalue weighted by Gasteiger charge is -2.32. The number of nitrogens with zero attached hydrogens (tertiary/aromatic N) is 1. The SMILES string of the molecule is Cc1cc(C(C)Nc2ccc(F)cc2C(F)(F)F)c2cc(B3OC(C)(C)C(C)(C)O3)n(C)c(=O)c2c1. The van der Waals surface area contributed by atoms with Gasteiger partial charge < -0.3 is 19.2 Å². The van der Waals surface area contributed by atoms with Gasteiger partial charge in [0.2, 0.25) is 0 Å². The molecule has 1 atom stereocenters. The van der Waals surface area contributed by atoms with Crippen molar-refractivity contribution >= 4 is 29.2 Å². The third kappa shape index (κ3) is 4.52. The van der Waals surface area contributed by atoms with Crippen molar-refractivity contribution in [3.05, 3.63) is 69.3 Å². The van der Waals surface area contributed by atoms with Crippen LogP contribution in [0.1, 0.15) is 57.4 Å². The Kier molecular flexibility index (Phi) is 6.28. The minimum absolute atomic E-state index is 0.249. The van der Waals surface area contributed by atoms with Crippen molar-refractivity contribution < 1.29 is 26.9 Å².